The molecule has 0 amide bonds. The quantitative estimate of drug-likeness (QED) is 0.199. The van der Waals surface area contributed by atoms with Gasteiger partial charge in [-0.3, -0.25) is 14.1 Å². The van der Waals surface area contributed by atoms with Gasteiger partial charge in [-0.15, -0.1) is 0 Å². The second-order valence-corrected chi connectivity index (χ2v) is 11.2. The minimum atomic E-state index is -3.84. The SMILES string of the molecule is Cc1ccc(S(=O)(=O)OCCOc2cccc(Nc3ncnc4cnc(CCCN5CCOCC5)cc34)c2)cc1. The monoisotopic (exact) mass is 563 g/mol. The van der Waals surface area contributed by atoms with E-state index in [1.165, 1.54) is 18.5 Å². The Balaban J connectivity index is 1.17. The predicted molar refractivity (Wildman–Crippen MR) is 152 cm³/mol. The summed E-state index contributed by atoms with van der Waals surface area (Å²) in [6.07, 6.45) is 5.18. The molecular weight excluding hydrogens is 530 g/mol. The highest BCUT2D eigenvalue weighted by Crippen LogP contribution is 2.26. The highest BCUT2D eigenvalue weighted by molar-refractivity contribution is 7.86. The van der Waals surface area contributed by atoms with Crippen LogP contribution in [0.1, 0.15) is 17.7 Å². The number of fused-ring (bicyclic) bond motifs is 1. The lowest BCUT2D eigenvalue weighted by molar-refractivity contribution is 0.0374. The van der Waals surface area contributed by atoms with E-state index in [1.54, 1.807) is 24.4 Å². The second-order valence-electron chi connectivity index (χ2n) is 9.56. The van der Waals surface area contributed by atoms with Gasteiger partial charge in [-0.1, -0.05) is 23.8 Å². The number of nitrogens with zero attached hydrogens (tertiary/aromatic N) is 4. The molecule has 1 aliphatic rings. The minimum Gasteiger partial charge on any atom is -0.491 e. The molecule has 2 aromatic heterocycles. The fraction of sp³-hybridized carbons (Fsp3) is 0.345. The van der Waals surface area contributed by atoms with E-state index < -0.39 is 10.1 Å². The zero-order valence-corrected chi connectivity index (χ0v) is 23.3. The fourth-order valence-electron chi connectivity index (χ4n) is 4.42. The summed E-state index contributed by atoms with van der Waals surface area (Å²) >= 11 is 0. The van der Waals surface area contributed by atoms with Crippen LogP contribution in [0.5, 0.6) is 5.75 Å². The van der Waals surface area contributed by atoms with Crippen LogP contribution in [-0.4, -0.2) is 74.3 Å². The van der Waals surface area contributed by atoms with Crippen molar-refractivity contribution in [2.75, 3.05) is 51.4 Å². The third-order valence-electron chi connectivity index (χ3n) is 6.59. The van der Waals surface area contributed by atoms with E-state index in [9.17, 15) is 8.42 Å². The second kappa shape index (κ2) is 13.1. The van der Waals surface area contributed by atoms with E-state index in [2.05, 4.69) is 25.2 Å². The van der Waals surface area contributed by atoms with Crippen LogP contribution in [0.15, 0.2) is 72.0 Å². The van der Waals surface area contributed by atoms with Crippen LogP contribution in [0.2, 0.25) is 0 Å². The van der Waals surface area contributed by atoms with E-state index in [0.29, 0.717) is 11.6 Å². The lowest BCUT2D eigenvalue weighted by atomic mass is 10.1. The number of aryl methyl sites for hydroxylation is 2. The normalized spacial score (nSPS) is 14.3. The van der Waals surface area contributed by atoms with E-state index in [0.717, 1.165) is 73.5 Å². The van der Waals surface area contributed by atoms with Crippen LogP contribution in [-0.2, 0) is 25.5 Å². The number of rotatable bonds is 12. The Hall–Kier alpha value is -3.64. The van der Waals surface area contributed by atoms with Gasteiger partial charge in [-0.05, 0) is 56.6 Å². The summed E-state index contributed by atoms with van der Waals surface area (Å²) in [5, 5.41) is 4.24. The molecule has 0 spiro atoms. The van der Waals surface area contributed by atoms with Gasteiger partial charge in [0.1, 0.15) is 31.1 Å². The Morgan fingerprint density at radius 3 is 2.65 bits per heavy atom. The fourth-order valence-corrected chi connectivity index (χ4v) is 5.32. The molecule has 1 aliphatic heterocycles. The van der Waals surface area contributed by atoms with Gasteiger partial charge in [0.2, 0.25) is 0 Å². The number of hydrogen-bond acceptors (Lipinski definition) is 10. The smallest absolute Gasteiger partial charge is 0.297 e. The molecule has 1 saturated heterocycles. The first-order chi connectivity index (χ1) is 19.5. The minimum absolute atomic E-state index is 0.0739. The van der Waals surface area contributed by atoms with Crippen molar-refractivity contribution < 1.29 is 22.1 Å². The highest BCUT2D eigenvalue weighted by Gasteiger charge is 2.15. The summed E-state index contributed by atoms with van der Waals surface area (Å²) in [6, 6.07) is 16.0. The molecule has 10 nitrogen and oxygen atoms in total. The largest absolute Gasteiger partial charge is 0.491 e. The number of nitrogens with one attached hydrogen (secondary N) is 1. The molecule has 0 saturated carbocycles. The number of aromatic nitrogens is 3. The Morgan fingerprint density at radius 2 is 1.82 bits per heavy atom. The van der Waals surface area contributed by atoms with Crippen molar-refractivity contribution >= 4 is 32.5 Å². The number of ether oxygens (including phenoxy) is 2. The molecule has 40 heavy (non-hydrogen) atoms. The average molecular weight is 564 g/mol. The molecular formula is C29H33N5O5S. The van der Waals surface area contributed by atoms with Crippen LogP contribution in [0, 0.1) is 6.92 Å². The standard InChI is InChI=1S/C29H33N5O5S/c1-22-7-9-26(10-8-22)40(35,36)39-17-16-38-25-6-2-4-24(18-25)33-29-27-19-23(30-20-28(27)31-21-32-29)5-3-11-34-12-14-37-15-13-34/h2,4,6-10,18-21H,3,5,11-17H2,1H3,(H,31,32,33). The van der Waals surface area contributed by atoms with Crippen LogP contribution in [0.25, 0.3) is 10.9 Å². The lowest BCUT2D eigenvalue weighted by Gasteiger charge is -2.26. The van der Waals surface area contributed by atoms with Gasteiger partial charge in [0.15, 0.2) is 0 Å². The van der Waals surface area contributed by atoms with Crippen LogP contribution in [0.4, 0.5) is 11.5 Å². The maximum Gasteiger partial charge on any atom is 0.297 e. The van der Waals surface area contributed by atoms with Crippen molar-refractivity contribution in [1.82, 2.24) is 19.9 Å². The van der Waals surface area contributed by atoms with Crippen molar-refractivity contribution in [1.29, 1.82) is 0 Å². The van der Waals surface area contributed by atoms with Gasteiger partial charge in [-0.25, -0.2) is 9.97 Å². The number of pyridine rings is 1. The van der Waals surface area contributed by atoms with Gasteiger partial charge in [0.05, 0.1) is 29.8 Å². The van der Waals surface area contributed by atoms with Gasteiger partial charge in [0, 0.05) is 35.9 Å². The number of benzene rings is 2. The third-order valence-corrected chi connectivity index (χ3v) is 7.91. The summed E-state index contributed by atoms with van der Waals surface area (Å²) in [6.45, 7) is 6.45. The first-order valence-electron chi connectivity index (χ1n) is 13.3. The van der Waals surface area contributed by atoms with Crippen molar-refractivity contribution in [3.63, 3.8) is 0 Å². The predicted octanol–water partition coefficient (Wildman–Crippen LogP) is 4.13. The molecule has 0 bridgehead atoms. The number of morpholine rings is 1. The molecule has 0 radical (unpaired) electrons. The maximum absolute atomic E-state index is 12.4. The van der Waals surface area contributed by atoms with Gasteiger partial charge in [0.25, 0.3) is 10.1 Å². The number of anilines is 2. The molecule has 0 atom stereocenters. The summed E-state index contributed by atoms with van der Waals surface area (Å²) in [5.74, 6) is 1.25. The average Bonchev–Trinajstić information content (AvgIpc) is 2.97. The van der Waals surface area contributed by atoms with Crippen molar-refractivity contribution in [2.24, 2.45) is 0 Å². The van der Waals surface area contributed by atoms with Crippen LogP contribution >= 0.6 is 0 Å². The zero-order valence-electron chi connectivity index (χ0n) is 22.5. The molecule has 1 fully saturated rings. The molecule has 0 unspecified atom stereocenters. The van der Waals surface area contributed by atoms with Gasteiger partial charge < -0.3 is 14.8 Å². The van der Waals surface area contributed by atoms with Crippen molar-refractivity contribution in [3.8, 4) is 5.75 Å². The summed E-state index contributed by atoms with van der Waals surface area (Å²) < 4.78 is 41.0. The molecule has 0 aliphatic carbocycles. The van der Waals surface area contributed by atoms with Crippen LogP contribution in [0.3, 0.4) is 0 Å². The molecule has 5 rings (SSSR count). The summed E-state index contributed by atoms with van der Waals surface area (Å²) in [4.78, 5) is 16.0. The third kappa shape index (κ3) is 7.51. The summed E-state index contributed by atoms with van der Waals surface area (Å²) in [5.41, 5.74) is 3.50. The Labute approximate surface area is 234 Å². The molecule has 210 valence electrons. The Morgan fingerprint density at radius 1 is 1.00 bits per heavy atom. The zero-order chi connectivity index (χ0) is 27.8. The Bertz CT molecular complexity index is 1530. The van der Waals surface area contributed by atoms with E-state index in [-0.39, 0.29) is 18.1 Å². The molecule has 11 heteroatoms. The van der Waals surface area contributed by atoms with Gasteiger partial charge >= 0.3 is 0 Å². The Kier molecular flexibility index (Phi) is 9.17. The first-order valence-corrected chi connectivity index (χ1v) is 14.7. The van der Waals surface area contributed by atoms with Crippen molar-refractivity contribution in [3.05, 3.63) is 78.4 Å². The summed E-state index contributed by atoms with van der Waals surface area (Å²) in [7, 11) is -3.84. The molecule has 2 aromatic carbocycles. The molecule has 4 aromatic rings. The lowest BCUT2D eigenvalue weighted by Crippen LogP contribution is -2.36. The van der Waals surface area contributed by atoms with E-state index >= 15 is 0 Å². The molecule has 1 N–H and O–H groups in total. The van der Waals surface area contributed by atoms with E-state index in [4.69, 9.17) is 13.7 Å². The number of hydrogen-bond donors (Lipinski definition) is 1. The maximum atomic E-state index is 12.4. The topological polar surface area (TPSA) is 116 Å². The van der Waals surface area contributed by atoms with E-state index in [1.807, 2.05) is 31.2 Å². The van der Waals surface area contributed by atoms with Crippen LogP contribution < -0.4 is 10.1 Å². The molecule has 3 heterocycles. The highest BCUT2D eigenvalue weighted by atomic mass is 32.2. The first kappa shape index (κ1) is 27.9. The van der Waals surface area contributed by atoms with Gasteiger partial charge in [-0.2, -0.15) is 8.42 Å². The van der Waals surface area contributed by atoms with Crippen molar-refractivity contribution in [2.45, 2.75) is 24.7 Å².